The summed E-state index contributed by atoms with van der Waals surface area (Å²) in [5, 5.41) is 4.10. The number of anilines is 1. The van der Waals surface area contributed by atoms with E-state index >= 15 is 0 Å². The summed E-state index contributed by atoms with van der Waals surface area (Å²) in [6.45, 7) is 2.07. The molecule has 10 nitrogen and oxygen atoms in total. The number of carbonyl (C=O) groups is 2. The number of aliphatic imine (C=N–C) groups is 1. The monoisotopic (exact) mass is 460 g/mol. The Kier molecular flexibility index (Phi) is 6.14. The highest BCUT2D eigenvalue weighted by Gasteiger charge is 2.46. The molecule has 2 aromatic heterocycles. The quantitative estimate of drug-likeness (QED) is 0.404. The summed E-state index contributed by atoms with van der Waals surface area (Å²) in [6.07, 6.45) is 8.30. The van der Waals surface area contributed by atoms with Crippen LogP contribution in [0.1, 0.15) is 35.7 Å². The molecule has 0 saturated heterocycles. The van der Waals surface area contributed by atoms with Crippen LogP contribution in [0.4, 0.5) is 5.95 Å². The zero-order valence-electron chi connectivity index (χ0n) is 19.5. The first-order valence-electron chi connectivity index (χ1n) is 11.0. The molecule has 0 unspecified atom stereocenters. The summed E-state index contributed by atoms with van der Waals surface area (Å²) in [6, 6.07) is 7.96. The molecule has 176 valence electrons. The lowest BCUT2D eigenvalue weighted by molar-refractivity contribution is -0.129. The smallest absolute Gasteiger partial charge is 0.281 e. The average molecular weight is 461 g/mol. The Labute approximate surface area is 197 Å². The normalized spacial score (nSPS) is 15.6. The second-order valence-electron chi connectivity index (χ2n) is 8.90. The molecule has 0 spiro atoms. The van der Waals surface area contributed by atoms with Crippen molar-refractivity contribution < 1.29 is 9.59 Å². The average Bonchev–Trinajstić information content (AvgIpc) is 3.58. The Bertz CT molecular complexity index is 1230. The molecule has 1 aliphatic rings. The number of hydrogen-bond acceptors (Lipinski definition) is 6. The van der Waals surface area contributed by atoms with Gasteiger partial charge < -0.3 is 16.4 Å². The summed E-state index contributed by atoms with van der Waals surface area (Å²) >= 11 is 0. The van der Waals surface area contributed by atoms with Crippen LogP contribution in [0.15, 0.2) is 54.0 Å². The van der Waals surface area contributed by atoms with Gasteiger partial charge in [-0.3, -0.25) is 14.3 Å². The Morgan fingerprint density at radius 1 is 1.12 bits per heavy atom. The van der Waals surface area contributed by atoms with E-state index in [0.29, 0.717) is 5.92 Å². The number of nitrogens with zero attached hydrogens (tertiary/aromatic N) is 6. The highest BCUT2D eigenvalue weighted by molar-refractivity contribution is 6.06. The third kappa shape index (κ3) is 4.66. The number of amides is 2. The molecular formula is C24H28N8O2. The molecule has 1 atom stereocenters. The zero-order chi connectivity index (χ0) is 24.5. The van der Waals surface area contributed by atoms with E-state index in [4.69, 9.17) is 11.5 Å². The van der Waals surface area contributed by atoms with E-state index in [1.165, 1.54) is 22.0 Å². The van der Waals surface area contributed by atoms with Crippen molar-refractivity contribution >= 4 is 23.6 Å². The lowest BCUT2D eigenvalue weighted by Gasteiger charge is -2.30. The molecule has 1 aromatic carbocycles. The second-order valence-corrected chi connectivity index (χ2v) is 8.90. The molecule has 2 amide bonds. The number of amidine groups is 1. The minimum atomic E-state index is -0.581. The fraction of sp³-hybridized carbons (Fsp3) is 0.333. The zero-order valence-corrected chi connectivity index (χ0v) is 19.5. The van der Waals surface area contributed by atoms with Crippen LogP contribution < -0.4 is 11.5 Å². The minimum absolute atomic E-state index is 0.0463. The standard InChI is InChI=1S/C24H28N8O2/c1-24(19-8-9-19,18-6-4-15(5-7-18)16-10-27-23(26)28-11-16)22(25)30-21(34)17-12-29-32(13-17)14-20(33)31(2)3/h4-7,10-13,19H,8-9,14H2,1-3H3,(H2,25,30,34)(H2,26,27,28)/t24-/m0/s1. The van der Waals surface area contributed by atoms with E-state index < -0.39 is 11.3 Å². The summed E-state index contributed by atoms with van der Waals surface area (Å²) in [7, 11) is 3.33. The molecule has 2 heterocycles. The van der Waals surface area contributed by atoms with Gasteiger partial charge >= 0.3 is 0 Å². The maximum absolute atomic E-state index is 12.8. The van der Waals surface area contributed by atoms with Gasteiger partial charge in [-0.25, -0.2) is 9.97 Å². The van der Waals surface area contributed by atoms with Gasteiger partial charge in [0.2, 0.25) is 11.9 Å². The van der Waals surface area contributed by atoms with Gasteiger partial charge in [-0.05, 0) is 36.8 Å². The molecule has 1 fully saturated rings. The summed E-state index contributed by atoms with van der Waals surface area (Å²) in [5.41, 5.74) is 14.5. The van der Waals surface area contributed by atoms with E-state index in [-0.39, 0.29) is 29.8 Å². The van der Waals surface area contributed by atoms with Crippen LogP contribution in [-0.2, 0) is 16.8 Å². The topological polar surface area (TPSA) is 145 Å². The van der Waals surface area contributed by atoms with E-state index in [1.807, 2.05) is 31.2 Å². The van der Waals surface area contributed by atoms with Gasteiger partial charge in [0.1, 0.15) is 12.4 Å². The van der Waals surface area contributed by atoms with Gasteiger partial charge in [0.25, 0.3) is 5.91 Å². The highest BCUT2D eigenvalue weighted by Crippen LogP contribution is 2.47. The van der Waals surface area contributed by atoms with Crippen LogP contribution in [0.5, 0.6) is 0 Å². The predicted molar refractivity (Wildman–Crippen MR) is 129 cm³/mol. The summed E-state index contributed by atoms with van der Waals surface area (Å²) < 4.78 is 1.42. The minimum Gasteiger partial charge on any atom is -0.386 e. The van der Waals surface area contributed by atoms with Gasteiger partial charge in [0, 0.05) is 38.2 Å². The first-order valence-corrected chi connectivity index (χ1v) is 11.0. The van der Waals surface area contributed by atoms with Crippen LogP contribution in [0.25, 0.3) is 11.1 Å². The largest absolute Gasteiger partial charge is 0.386 e. The summed E-state index contributed by atoms with van der Waals surface area (Å²) in [4.78, 5) is 38.5. The van der Waals surface area contributed by atoms with Crippen LogP contribution >= 0.6 is 0 Å². The van der Waals surface area contributed by atoms with E-state index in [9.17, 15) is 9.59 Å². The van der Waals surface area contributed by atoms with Gasteiger partial charge in [-0.15, -0.1) is 0 Å². The lowest BCUT2D eigenvalue weighted by atomic mass is 9.76. The van der Waals surface area contributed by atoms with E-state index in [2.05, 4.69) is 20.1 Å². The molecular weight excluding hydrogens is 432 g/mol. The first-order chi connectivity index (χ1) is 16.2. The third-order valence-corrected chi connectivity index (χ3v) is 6.31. The van der Waals surface area contributed by atoms with Gasteiger partial charge in [0.05, 0.1) is 17.2 Å². The number of likely N-dealkylation sites (N-methyl/N-ethyl adjacent to an activating group) is 1. The van der Waals surface area contributed by atoms with Gasteiger partial charge in [0.15, 0.2) is 0 Å². The van der Waals surface area contributed by atoms with Crippen LogP contribution in [0, 0.1) is 5.92 Å². The number of carbonyl (C=O) groups excluding carboxylic acids is 2. The number of hydrogen-bond donors (Lipinski definition) is 2. The van der Waals surface area contributed by atoms with Crippen LogP contribution in [0.3, 0.4) is 0 Å². The van der Waals surface area contributed by atoms with Crippen molar-refractivity contribution in [2.24, 2.45) is 16.6 Å². The molecule has 0 radical (unpaired) electrons. The first kappa shape index (κ1) is 23.1. The predicted octanol–water partition coefficient (Wildman–Crippen LogP) is 1.88. The Balaban J connectivity index is 1.56. The molecule has 4 N–H and O–H groups in total. The van der Waals surface area contributed by atoms with E-state index in [0.717, 1.165) is 29.5 Å². The number of benzene rings is 1. The molecule has 0 aliphatic heterocycles. The lowest BCUT2D eigenvalue weighted by Crippen LogP contribution is -2.41. The molecule has 1 saturated carbocycles. The Morgan fingerprint density at radius 3 is 2.35 bits per heavy atom. The van der Waals surface area contributed by atoms with Gasteiger partial charge in [-0.2, -0.15) is 10.1 Å². The SMILES string of the molecule is CN(C)C(=O)Cn1cc(C(=O)N=C(N)[C@@](C)(c2ccc(-c3cnc(N)nc3)cc2)C2CC2)cn1. The van der Waals surface area contributed by atoms with Crippen molar-refractivity contribution in [1.82, 2.24) is 24.6 Å². The van der Waals surface area contributed by atoms with Crippen molar-refractivity contribution in [3.05, 3.63) is 60.2 Å². The second kappa shape index (κ2) is 9.05. The van der Waals surface area contributed by atoms with Gasteiger partial charge in [-0.1, -0.05) is 24.3 Å². The molecule has 3 aromatic rings. The van der Waals surface area contributed by atoms with E-state index in [1.54, 1.807) is 26.5 Å². The fourth-order valence-electron chi connectivity index (χ4n) is 3.88. The van der Waals surface area contributed by atoms with Crippen molar-refractivity contribution in [2.45, 2.75) is 31.7 Å². The Morgan fingerprint density at radius 2 is 1.76 bits per heavy atom. The van der Waals surface area contributed by atoms with Crippen molar-refractivity contribution in [3.8, 4) is 11.1 Å². The number of nitrogens with two attached hydrogens (primary N) is 2. The third-order valence-electron chi connectivity index (χ3n) is 6.31. The molecule has 0 bridgehead atoms. The number of rotatable bonds is 7. The summed E-state index contributed by atoms with van der Waals surface area (Å²) in [5.74, 6) is 0.185. The molecule has 1 aliphatic carbocycles. The van der Waals surface area contributed by atoms with Crippen LogP contribution in [0.2, 0.25) is 0 Å². The van der Waals surface area contributed by atoms with Crippen molar-refractivity contribution in [2.75, 3.05) is 19.8 Å². The molecule has 4 rings (SSSR count). The maximum atomic E-state index is 12.8. The number of aromatic nitrogens is 4. The van der Waals surface area contributed by atoms with Crippen LogP contribution in [-0.4, -0.2) is 56.4 Å². The fourth-order valence-corrected chi connectivity index (χ4v) is 3.88. The maximum Gasteiger partial charge on any atom is 0.281 e. The number of nitrogen functional groups attached to an aromatic ring is 1. The Hall–Kier alpha value is -4.08. The van der Waals surface area contributed by atoms with Crippen molar-refractivity contribution in [3.63, 3.8) is 0 Å². The van der Waals surface area contributed by atoms with Crippen molar-refractivity contribution in [1.29, 1.82) is 0 Å². The molecule has 34 heavy (non-hydrogen) atoms. The molecule has 10 heteroatoms. The highest BCUT2D eigenvalue weighted by atomic mass is 16.2.